The molecule has 25 heavy (non-hydrogen) atoms. The summed E-state index contributed by atoms with van der Waals surface area (Å²) >= 11 is 10.2. The van der Waals surface area contributed by atoms with E-state index in [1.807, 2.05) is 20.8 Å². The molecule has 0 saturated carbocycles. The molecule has 0 spiro atoms. The van der Waals surface area contributed by atoms with Crippen molar-refractivity contribution in [2.45, 2.75) is 53.7 Å². The van der Waals surface area contributed by atoms with Crippen LogP contribution in [0.3, 0.4) is 0 Å². The summed E-state index contributed by atoms with van der Waals surface area (Å²) in [6, 6.07) is 0. The van der Waals surface area contributed by atoms with Crippen LogP contribution < -0.4 is 0 Å². The van der Waals surface area contributed by atoms with Crippen molar-refractivity contribution in [3.05, 3.63) is 41.8 Å². The van der Waals surface area contributed by atoms with Crippen molar-refractivity contribution in [1.82, 2.24) is 0 Å². The molecular formula is C19H24O2S4. The number of hydrogen-bond donors (Lipinski definition) is 0. The molecule has 0 aliphatic rings. The summed E-state index contributed by atoms with van der Waals surface area (Å²) < 4.78 is 5.92. The van der Waals surface area contributed by atoms with Gasteiger partial charge in [-0.1, -0.05) is 11.8 Å². The van der Waals surface area contributed by atoms with E-state index in [0.29, 0.717) is 11.0 Å². The fourth-order valence-electron chi connectivity index (χ4n) is 2.97. The lowest BCUT2D eigenvalue weighted by atomic mass is 9.97. The zero-order valence-corrected chi connectivity index (χ0v) is 19.0. The van der Waals surface area contributed by atoms with E-state index < -0.39 is 0 Å². The highest BCUT2D eigenvalue weighted by molar-refractivity contribution is 8.23. The number of thiophene rings is 2. The number of thiocarbonyl (C=S) groups is 1. The molecule has 1 unspecified atom stereocenters. The Bertz CT molecular complexity index is 814. The summed E-state index contributed by atoms with van der Waals surface area (Å²) in [5, 5.41) is -0.351. The minimum atomic E-state index is -0.351. The van der Waals surface area contributed by atoms with Gasteiger partial charge in [-0.3, -0.25) is 4.79 Å². The van der Waals surface area contributed by atoms with E-state index in [0.717, 1.165) is 21.6 Å². The van der Waals surface area contributed by atoms with Crippen LogP contribution in [0, 0.1) is 41.5 Å². The zero-order chi connectivity index (χ0) is 18.9. The lowest BCUT2D eigenvalue weighted by molar-refractivity contribution is 0.0988. The third kappa shape index (κ3) is 4.18. The van der Waals surface area contributed by atoms with Gasteiger partial charge in [0, 0.05) is 25.1 Å². The number of aryl methyl sites for hydroxylation is 4. The lowest BCUT2D eigenvalue weighted by Gasteiger charge is -2.18. The van der Waals surface area contributed by atoms with Crippen LogP contribution in [0.2, 0.25) is 0 Å². The molecule has 0 radical (unpaired) electrons. The Morgan fingerprint density at radius 1 is 1.00 bits per heavy atom. The molecule has 0 N–H and O–H groups in total. The molecule has 0 fully saturated rings. The summed E-state index contributed by atoms with van der Waals surface area (Å²) in [4.78, 5) is 18.2. The van der Waals surface area contributed by atoms with Gasteiger partial charge in [-0.05, 0) is 77.4 Å². The molecule has 1 atom stereocenters. The molecule has 2 aromatic rings. The largest absolute Gasteiger partial charge is 0.479 e. The molecule has 0 aliphatic heterocycles. The predicted octanol–water partition coefficient (Wildman–Crippen LogP) is 6.64. The topological polar surface area (TPSA) is 26.3 Å². The second-order valence-corrected chi connectivity index (χ2v) is 10.6. The number of carbonyl (C=O) groups excluding carboxylic acids is 1. The fourth-order valence-corrected chi connectivity index (χ4v) is 6.70. The molecule has 2 heterocycles. The summed E-state index contributed by atoms with van der Waals surface area (Å²) in [5.74, 6) is 0.135. The Kier molecular flexibility index (Phi) is 6.87. The van der Waals surface area contributed by atoms with E-state index >= 15 is 0 Å². The first kappa shape index (κ1) is 20.6. The average molecular weight is 413 g/mol. The number of thioether (sulfide) groups is 1. The Labute approximate surface area is 168 Å². The van der Waals surface area contributed by atoms with Crippen LogP contribution in [-0.4, -0.2) is 16.8 Å². The van der Waals surface area contributed by atoms with Crippen molar-refractivity contribution < 1.29 is 9.53 Å². The SMILES string of the molecule is CCOC(=S)SC(C(=O)c1c(C)sc(C)c1C)c1c(C)sc(C)c1C. The van der Waals surface area contributed by atoms with E-state index in [9.17, 15) is 4.79 Å². The smallest absolute Gasteiger partial charge is 0.221 e. The summed E-state index contributed by atoms with van der Waals surface area (Å²) in [7, 11) is 0. The van der Waals surface area contributed by atoms with Crippen molar-refractivity contribution in [3.63, 3.8) is 0 Å². The van der Waals surface area contributed by atoms with Gasteiger partial charge in [-0.2, -0.15) is 0 Å². The minimum Gasteiger partial charge on any atom is -0.479 e. The monoisotopic (exact) mass is 412 g/mol. The molecule has 0 bridgehead atoms. The molecule has 2 rings (SSSR count). The highest BCUT2D eigenvalue weighted by atomic mass is 32.2. The van der Waals surface area contributed by atoms with Crippen LogP contribution >= 0.6 is 46.7 Å². The van der Waals surface area contributed by atoms with E-state index in [-0.39, 0.29) is 11.0 Å². The zero-order valence-electron chi connectivity index (χ0n) is 15.7. The van der Waals surface area contributed by atoms with Gasteiger partial charge in [0.2, 0.25) is 4.38 Å². The second-order valence-electron chi connectivity index (χ2n) is 6.01. The first-order valence-corrected chi connectivity index (χ1v) is 11.1. The fraction of sp³-hybridized carbons (Fsp3) is 0.474. The molecule has 0 aliphatic carbocycles. The summed E-state index contributed by atoms with van der Waals surface area (Å²) in [6.45, 7) is 14.8. The van der Waals surface area contributed by atoms with Gasteiger partial charge in [0.05, 0.1) is 6.61 Å². The Hall–Kier alpha value is -0.690. The lowest BCUT2D eigenvalue weighted by Crippen LogP contribution is -2.15. The second kappa shape index (κ2) is 8.33. The van der Waals surface area contributed by atoms with E-state index in [4.69, 9.17) is 17.0 Å². The number of ketones is 1. The van der Waals surface area contributed by atoms with Gasteiger partial charge in [0.25, 0.3) is 0 Å². The molecule has 0 saturated heterocycles. The molecule has 2 nitrogen and oxygen atoms in total. The maximum Gasteiger partial charge on any atom is 0.221 e. The van der Waals surface area contributed by atoms with Gasteiger partial charge in [-0.25, -0.2) is 0 Å². The first-order chi connectivity index (χ1) is 11.7. The van der Waals surface area contributed by atoms with E-state index in [2.05, 4.69) is 27.7 Å². The summed E-state index contributed by atoms with van der Waals surface area (Å²) in [5.41, 5.74) is 4.22. The molecule has 0 aromatic carbocycles. The highest BCUT2D eigenvalue weighted by Gasteiger charge is 2.32. The Balaban J connectivity index is 2.54. The molecule has 2 aromatic heterocycles. The van der Waals surface area contributed by atoms with E-state index in [1.54, 1.807) is 22.7 Å². The molecule has 6 heteroatoms. The van der Waals surface area contributed by atoms with Crippen LogP contribution in [0.15, 0.2) is 0 Å². The molecule has 136 valence electrons. The van der Waals surface area contributed by atoms with Gasteiger partial charge < -0.3 is 4.74 Å². The van der Waals surface area contributed by atoms with Gasteiger partial charge in [-0.15, -0.1) is 22.7 Å². The number of carbonyl (C=O) groups is 1. The van der Waals surface area contributed by atoms with Crippen molar-refractivity contribution in [3.8, 4) is 0 Å². The van der Waals surface area contributed by atoms with Gasteiger partial charge in [0.15, 0.2) is 5.78 Å². The Morgan fingerprint density at radius 2 is 1.56 bits per heavy atom. The molecule has 0 amide bonds. The number of hydrogen-bond acceptors (Lipinski definition) is 6. The maximum atomic E-state index is 13.5. The van der Waals surface area contributed by atoms with Crippen molar-refractivity contribution in [2.75, 3.05) is 6.61 Å². The first-order valence-electron chi connectivity index (χ1n) is 8.19. The van der Waals surface area contributed by atoms with Crippen molar-refractivity contribution in [2.24, 2.45) is 0 Å². The average Bonchev–Trinajstić information content (AvgIpc) is 2.92. The van der Waals surface area contributed by atoms with Crippen molar-refractivity contribution in [1.29, 1.82) is 0 Å². The maximum absolute atomic E-state index is 13.5. The standard InChI is InChI=1S/C19H24O2S4/c1-8-21-19(22)25-18(16-10(3)12(5)24-14(16)7)17(20)15-9(2)11(4)23-13(15)6/h18H,8H2,1-7H3. The number of Topliss-reactive ketones (excluding diaryl/α,β-unsaturated/α-hetero) is 1. The number of rotatable bonds is 5. The van der Waals surface area contributed by atoms with Crippen LogP contribution in [-0.2, 0) is 4.74 Å². The Morgan fingerprint density at radius 3 is 2.00 bits per heavy atom. The third-order valence-electron chi connectivity index (χ3n) is 4.40. The number of ether oxygens (including phenoxy) is 1. The van der Waals surface area contributed by atoms with E-state index in [1.165, 1.54) is 32.0 Å². The van der Waals surface area contributed by atoms with Crippen LogP contribution in [0.1, 0.15) is 58.7 Å². The van der Waals surface area contributed by atoms with Gasteiger partial charge >= 0.3 is 0 Å². The molecular weight excluding hydrogens is 388 g/mol. The predicted molar refractivity (Wildman–Crippen MR) is 116 cm³/mol. The van der Waals surface area contributed by atoms with Crippen molar-refractivity contribution >= 4 is 56.8 Å². The van der Waals surface area contributed by atoms with Crippen LogP contribution in [0.5, 0.6) is 0 Å². The normalized spacial score (nSPS) is 12.3. The van der Waals surface area contributed by atoms with Crippen LogP contribution in [0.4, 0.5) is 0 Å². The summed E-state index contributed by atoms with van der Waals surface area (Å²) in [6.07, 6.45) is 0. The quantitative estimate of drug-likeness (QED) is 0.406. The van der Waals surface area contributed by atoms with Gasteiger partial charge in [0.1, 0.15) is 5.25 Å². The minimum absolute atomic E-state index is 0.135. The third-order valence-corrected chi connectivity index (χ3v) is 8.07. The van der Waals surface area contributed by atoms with Crippen LogP contribution in [0.25, 0.3) is 0 Å². The highest BCUT2D eigenvalue weighted by Crippen LogP contribution is 2.43.